The molecule has 2 rings (SSSR count). The van der Waals surface area contributed by atoms with Crippen LogP contribution in [0.25, 0.3) is 0 Å². The van der Waals surface area contributed by atoms with Gasteiger partial charge in [0.2, 0.25) is 5.95 Å². The normalized spacial score (nSPS) is 10.1. The second-order valence-corrected chi connectivity index (χ2v) is 4.24. The Bertz CT molecular complexity index is 554. The molecule has 2 aromatic rings. The van der Waals surface area contributed by atoms with Crippen LogP contribution in [0.3, 0.4) is 0 Å². The third-order valence-corrected chi connectivity index (χ3v) is 2.69. The van der Waals surface area contributed by atoms with Crippen molar-refractivity contribution in [3.05, 3.63) is 60.6 Å². The minimum Gasteiger partial charge on any atom is -0.370 e. The quantitative estimate of drug-likeness (QED) is 0.761. The molecule has 0 saturated heterocycles. The lowest BCUT2D eigenvalue weighted by Crippen LogP contribution is -2.09. The lowest BCUT2D eigenvalue weighted by atomic mass is 10.1. The van der Waals surface area contributed by atoms with Gasteiger partial charge in [-0.1, -0.05) is 18.2 Å². The molecular weight excluding hydrogens is 255 g/mol. The lowest BCUT2D eigenvalue weighted by molar-refractivity contribution is 0.627. The molecule has 0 saturated carbocycles. The Kier molecular flexibility index (Phi) is 5.06. The Hall–Kier alpha value is -2.43. The van der Waals surface area contributed by atoms with Crippen molar-refractivity contribution in [3.63, 3.8) is 0 Å². The number of hydrogen-bond donors (Lipinski definition) is 2. The van der Waals surface area contributed by atoms with Crippen molar-refractivity contribution in [1.29, 1.82) is 0 Å². The van der Waals surface area contributed by atoms with Crippen molar-refractivity contribution in [1.82, 2.24) is 9.97 Å². The van der Waals surface area contributed by atoms with Crippen LogP contribution < -0.4 is 10.6 Å². The van der Waals surface area contributed by atoms with E-state index in [4.69, 9.17) is 0 Å². The van der Waals surface area contributed by atoms with Crippen LogP contribution >= 0.6 is 0 Å². The van der Waals surface area contributed by atoms with Crippen LogP contribution in [0, 0.1) is 5.82 Å². The van der Waals surface area contributed by atoms with Gasteiger partial charge in [0.05, 0.1) is 0 Å². The zero-order valence-electron chi connectivity index (χ0n) is 11.1. The Morgan fingerprint density at radius 3 is 2.70 bits per heavy atom. The molecule has 1 aromatic heterocycles. The third-order valence-electron chi connectivity index (χ3n) is 2.69. The van der Waals surface area contributed by atoms with E-state index in [-0.39, 0.29) is 5.82 Å². The summed E-state index contributed by atoms with van der Waals surface area (Å²) in [4.78, 5) is 8.42. The fourth-order valence-corrected chi connectivity index (χ4v) is 1.69. The molecule has 0 aliphatic rings. The van der Waals surface area contributed by atoms with Crippen LogP contribution in [-0.2, 0) is 6.42 Å². The van der Waals surface area contributed by atoms with E-state index >= 15 is 0 Å². The van der Waals surface area contributed by atoms with E-state index in [1.807, 2.05) is 6.07 Å². The number of nitrogens with one attached hydrogen (secondary N) is 2. The summed E-state index contributed by atoms with van der Waals surface area (Å²) >= 11 is 0. The fraction of sp³-hybridized carbons (Fsp3) is 0.200. The van der Waals surface area contributed by atoms with Crippen molar-refractivity contribution in [2.45, 2.75) is 6.42 Å². The Balaban J connectivity index is 1.84. The highest BCUT2D eigenvalue weighted by atomic mass is 19.1. The molecular formula is C15H17FN4. The Morgan fingerprint density at radius 2 is 1.95 bits per heavy atom. The molecule has 0 radical (unpaired) electrons. The summed E-state index contributed by atoms with van der Waals surface area (Å²) in [6.07, 6.45) is 4.25. The first-order valence-corrected chi connectivity index (χ1v) is 6.44. The predicted octanol–water partition coefficient (Wildman–Crippen LogP) is 2.87. The van der Waals surface area contributed by atoms with Gasteiger partial charge in [0.25, 0.3) is 0 Å². The summed E-state index contributed by atoms with van der Waals surface area (Å²) < 4.78 is 12.8. The molecule has 0 unspecified atom stereocenters. The second kappa shape index (κ2) is 7.23. The standard InChI is InChI=1S/C15H17FN4/c1-2-9-18-15-19-11-8-14(20-15)17-10-7-12-3-5-13(16)6-4-12/h2-6,8,11H,1,7,9-10H2,(H2,17,18,19,20). The van der Waals surface area contributed by atoms with Gasteiger partial charge in [-0.3, -0.25) is 0 Å². The summed E-state index contributed by atoms with van der Waals surface area (Å²) in [6, 6.07) is 8.32. The maximum absolute atomic E-state index is 12.8. The highest BCUT2D eigenvalue weighted by Gasteiger charge is 1.98. The number of halogens is 1. The van der Waals surface area contributed by atoms with Gasteiger partial charge >= 0.3 is 0 Å². The van der Waals surface area contributed by atoms with Gasteiger partial charge in [0.1, 0.15) is 11.6 Å². The molecule has 1 heterocycles. The predicted molar refractivity (Wildman–Crippen MR) is 79.3 cm³/mol. The van der Waals surface area contributed by atoms with Crippen molar-refractivity contribution in [3.8, 4) is 0 Å². The molecule has 5 heteroatoms. The van der Waals surface area contributed by atoms with Crippen LogP contribution in [0.2, 0.25) is 0 Å². The van der Waals surface area contributed by atoms with Gasteiger partial charge in [0, 0.05) is 19.3 Å². The molecule has 2 N–H and O–H groups in total. The minimum absolute atomic E-state index is 0.213. The van der Waals surface area contributed by atoms with Crippen LogP contribution in [0.5, 0.6) is 0 Å². The molecule has 0 bridgehead atoms. The average molecular weight is 272 g/mol. The van der Waals surface area contributed by atoms with E-state index in [1.54, 1.807) is 24.4 Å². The highest BCUT2D eigenvalue weighted by molar-refractivity contribution is 5.39. The number of nitrogens with zero attached hydrogens (tertiary/aromatic N) is 2. The number of aromatic nitrogens is 2. The number of hydrogen-bond acceptors (Lipinski definition) is 4. The van der Waals surface area contributed by atoms with Crippen molar-refractivity contribution >= 4 is 11.8 Å². The molecule has 0 atom stereocenters. The van der Waals surface area contributed by atoms with E-state index in [0.717, 1.165) is 24.3 Å². The molecule has 0 amide bonds. The molecule has 0 spiro atoms. The maximum Gasteiger partial charge on any atom is 0.224 e. The van der Waals surface area contributed by atoms with Crippen molar-refractivity contribution < 1.29 is 4.39 Å². The third kappa shape index (κ3) is 4.35. The summed E-state index contributed by atoms with van der Waals surface area (Å²) in [7, 11) is 0. The molecule has 20 heavy (non-hydrogen) atoms. The van der Waals surface area contributed by atoms with Gasteiger partial charge in [-0.2, -0.15) is 4.98 Å². The molecule has 0 fully saturated rings. The topological polar surface area (TPSA) is 49.8 Å². The SMILES string of the molecule is C=CCNc1nccc(NCCc2ccc(F)cc2)n1. The van der Waals surface area contributed by atoms with E-state index in [9.17, 15) is 4.39 Å². The number of rotatable bonds is 7. The van der Waals surface area contributed by atoms with Gasteiger partial charge in [-0.05, 0) is 30.2 Å². The molecule has 4 nitrogen and oxygen atoms in total. The van der Waals surface area contributed by atoms with Gasteiger partial charge in [-0.25, -0.2) is 9.37 Å². The largest absolute Gasteiger partial charge is 0.370 e. The second-order valence-electron chi connectivity index (χ2n) is 4.24. The number of anilines is 2. The summed E-state index contributed by atoms with van der Waals surface area (Å²) in [5.41, 5.74) is 1.08. The molecule has 0 aliphatic heterocycles. The zero-order chi connectivity index (χ0) is 14.2. The summed E-state index contributed by atoms with van der Waals surface area (Å²) in [6.45, 7) is 4.98. The monoisotopic (exact) mass is 272 g/mol. The van der Waals surface area contributed by atoms with Crippen molar-refractivity contribution in [2.24, 2.45) is 0 Å². The van der Waals surface area contributed by atoms with Gasteiger partial charge in [0.15, 0.2) is 0 Å². The average Bonchev–Trinajstić information content (AvgIpc) is 2.48. The molecule has 1 aromatic carbocycles. The Morgan fingerprint density at radius 1 is 1.15 bits per heavy atom. The number of benzene rings is 1. The first-order valence-electron chi connectivity index (χ1n) is 6.44. The maximum atomic E-state index is 12.8. The first-order chi connectivity index (χ1) is 9.78. The molecule has 104 valence electrons. The zero-order valence-corrected chi connectivity index (χ0v) is 11.1. The van der Waals surface area contributed by atoms with Crippen LogP contribution in [0.15, 0.2) is 49.2 Å². The van der Waals surface area contributed by atoms with E-state index in [2.05, 4.69) is 27.2 Å². The Labute approximate surface area is 117 Å². The van der Waals surface area contributed by atoms with Crippen molar-refractivity contribution in [2.75, 3.05) is 23.7 Å². The smallest absolute Gasteiger partial charge is 0.224 e. The van der Waals surface area contributed by atoms with Crippen LogP contribution in [-0.4, -0.2) is 23.1 Å². The van der Waals surface area contributed by atoms with E-state index in [0.29, 0.717) is 12.5 Å². The van der Waals surface area contributed by atoms with Crippen LogP contribution in [0.4, 0.5) is 16.2 Å². The van der Waals surface area contributed by atoms with E-state index < -0.39 is 0 Å². The summed E-state index contributed by atoms with van der Waals surface area (Å²) in [5, 5.41) is 6.24. The lowest BCUT2D eigenvalue weighted by Gasteiger charge is -2.07. The van der Waals surface area contributed by atoms with Gasteiger partial charge in [-0.15, -0.1) is 6.58 Å². The summed E-state index contributed by atoms with van der Waals surface area (Å²) in [5.74, 6) is 1.11. The highest BCUT2D eigenvalue weighted by Crippen LogP contribution is 2.07. The minimum atomic E-state index is -0.213. The molecule has 0 aliphatic carbocycles. The van der Waals surface area contributed by atoms with Gasteiger partial charge < -0.3 is 10.6 Å². The fourth-order valence-electron chi connectivity index (χ4n) is 1.69. The van der Waals surface area contributed by atoms with E-state index in [1.165, 1.54) is 12.1 Å². The first kappa shape index (κ1) is 14.0. The van der Waals surface area contributed by atoms with Crippen LogP contribution in [0.1, 0.15) is 5.56 Å².